The number of aryl methyl sites for hydroxylation is 1. The average molecular weight is 520 g/mol. The largest absolute Gasteiger partial charge is 0.399 e. The predicted octanol–water partition coefficient (Wildman–Crippen LogP) is 8.00. The van der Waals surface area contributed by atoms with Gasteiger partial charge in [0.1, 0.15) is 0 Å². The lowest BCUT2D eigenvalue weighted by Gasteiger charge is -2.18. The normalized spacial score (nSPS) is 17.2. The van der Waals surface area contributed by atoms with Crippen molar-refractivity contribution in [1.82, 2.24) is 5.32 Å². The maximum Gasteiger partial charge on any atom is 0.399 e. The van der Waals surface area contributed by atoms with Gasteiger partial charge in [0.25, 0.3) is 0 Å². The molecule has 0 aromatic heterocycles. The molecule has 0 fully saturated rings. The van der Waals surface area contributed by atoms with Crippen molar-refractivity contribution >= 4 is 64.4 Å². The van der Waals surface area contributed by atoms with Crippen LogP contribution in [0, 0.1) is 0 Å². The van der Waals surface area contributed by atoms with Crippen LogP contribution in [0.25, 0.3) is 6.08 Å². The number of allylic oxidation sites excluding steroid dienone is 1. The maximum absolute atomic E-state index is 13.7. The van der Waals surface area contributed by atoms with Crippen LogP contribution in [0.5, 0.6) is 0 Å². The Morgan fingerprint density at radius 2 is 1.91 bits per heavy atom. The monoisotopic (exact) mass is 518 g/mol. The van der Waals surface area contributed by atoms with Crippen LogP contribution in [-0.4, -0.2) is 24.0 Å². The summed E-state index contributed by atoms with van der Waals surface area (Å²) in [4.78, 5) is 4.28. The van der Waals surface area contributed by atoms with Crippen molar-refractivity contribution in [2.45, 2.75) is 37.8 Å². The van der Waals surface area contributed by atoms with Gasteiger partial charge in [-0.15, -0.1) is 0 Å². The molecule has 0 aliphatic heterocycles. The smallest absolute Gasteiger partial charge is 0.361 e. The molecule has 0 bridgehead atoms. The number of fused-ring (bicyclic) bond motifs is 1. The first-order valence-corrected chi connectivity index (χ1v) is 11.5. The van der Waals surface area contributed by atoms with Crippen LogP contribution in [0.4, 0.5) is 13.2 Å². The van der Waals surface area contributed by atoms with Crippen LogP contribution >= 0.6 is 47.0 Å². The summed E-state index contributed by atoms with van der Waals surface area (Å²) in [5.74, 6) is -1.73. The number of hydrogen-bond acceptors (Lipinski definition) is 1. The average Bonchev–Trinajstić information content (AvgIpc) is 3.12. The standard InChI is InChI=1S/C23H20Cl3F3N2S/c1-2-30-22(32)31-12-15-6-5-14-9-13(3-7-17(14)15)4-8-18(23(27,28)29)16-10-19(24)21(26)20(25)11-16/h3-4,7-12,15,18H,2,5-6H2,1H3,(H,30,32)/b8-4+,31-12+. The minimum Gasteiger partial charge on any atom is -0.361 e. The molecule has 2 aromatic carbocycles. The van der Waals surface area contributed by atoms with Gasteiger partial charge in [-0.1, -0.05) is 65.2 Å². The summed E-state index contributed by atoms with van der Waals surface area (Å²) in [5.41, 5.74) is 2.83. The van der Waals surface area contributed by atoms with Gasteiger partial charge in [-0.2, -0.15) is 13.2 Å². The molecule has 32 heavy (non-hydrogen) atoms. The lowest BCUT2D eigenvalue weighted by atomic mass is 9.96. The van der Waals surface area contributed by atoms with Gasteiger partial charge in [0.05, 0.1) is 21.0 Å². The van der Waals surface area contributed by atoms with E-state index in [-0.39, 0.29) is 26.5 Å². The summed E-state index contributed by atoms with van der Waals surface area (Å²) < 4.78 is 41.2. The molecule has 2 unspecified atom stereocenters. The van der Waals surface area contributed by atoms with Crippen molar-refractivity contribution in [3.8, 4) is 0 Å². The van der Waals surface area contributed by atoms with Crippen molar-refractivity contribution in [2.75, 3.05) is 6.54 Å². The highest BCUT2D eigenvalue weighted by molar-refractivity contribution is 7.80. The molecule has 9 heteroatoms. The van der Waals surface area contributed by atoms with Crippen molar-refractivity contribution in [3.05, 3.63) is 73.7 Å². The van der Waals surface area contributed by atoms with E-state index in [9.17, 15) is 13.2 Å². The fraction of sp³-hybridized carbons (Fsp3) is 0.304. The summed E-state index contributed by atoms with van der Waals surface area (Å²) in [6.07, 6.45) is 1.61. The molecule has 1 N–H and O–H groups in total. The second kappa shape index (κ2) is 10.6. The molecule has 2 atom stereocenters. The van der Waals surface area contributed by atoms with Gasteiger partial charge < -0.3 is 5.32 Å². The Kier molecular flexibility index (Phi) is 8.26. The van der Waals surface area contributed by atoms with E-state index in [2.05, 4.69) is 10.3 Å². The molecule has 170 valence electrons. The van der Waals surface area contributed by atoms with E-state index in [1.807, 2.05) is 25.3 Å². The molecular weight excluding hydrogens is 500 g/mol. The number of thiocarbonyl (C=S) groups is 1. The minimum atomic E-state index is -4.51. The van der Waals surface area contributed by atoms with Gasteiger partial charge in [-0.05, 0) is 66.4 Å². The number of halogens is 6. The van der Waals surface area contributed by atoms with Gasteiger partial charge in [-0.25, -0.2) is 4.99 Å². The van der Waals surface area contributed by atoms with Crippen LogP contribution in [-0.2, 0) is 6.42 Å². The summed E-state index contributed by atoms with van der Waals surface area (Å²) in [6, 6.07) is 8.05. The third-order valence-corrected chi connectivity index (χ3v) is 6.64. The first-order chi connectivity index (χ1) is 15.1. The number of aliphatic imine (C=N–C) groups is 1. The quantitative estimate of drug-likeness (QED) is 0.246. The molecule has 2 nitrogen and oxygen atoms in total. The Bertz CT molecular complexity index is 1040. The minimum absolute atomic E-state index is 0.0179. The lowest BCUT2D eigenvalue weighted by molar-refractivity contribution is -0.139. The van der Waals surface area contributed by atoms with Crippen LogP contribution < -0.4 is 5.32 Å². The molecule has 0 amide bonds. The third-order valence-electron chi connectivity index (χ3n) is 5.19. The van der Waals surface area contributed by atoms with Crippen molar-refractivity contribution in [3.63, 3.8) is 0 Å². The van der Waals surface area contributed by atoms with E-state index in [0.717, 1.165) is 30.0 Å². The van der Waals surface area contributed by atoms with Crippen molar-refractivity contribution in [2.24, 2.45) is 4.99 Å². The van der Waals surface area contributed by atoms with E-state index < -0.39 is 12.1 Å². The maximum atomic E-state index is 13.7. The molecule has 1 aliphatic rings. The van der Waals surface area contributed by atoms with Gasteiger partial charge in [-0.3, -0.25) is 0 Å². The first-order valence-electron chi connectivity index (χ1n) is 9.94. The summed E-state index contributed by atoms with van der Waals surface area (Å²) >= 11 is 22.9. The third kappa shape index (κ3) is 6.04. The van der Waals surface area contributed by atoms with E-state index in [0.29, 0.717) is 17.2 Å². The Balaban J connectivity index is 1.83. The number of nitrogens with one attached hydrogen (secondary N) is 1. The van der Waals surface area contributed by atoms with Crippen molar-refractivity contribution < 1.29 is 13.2 Å². The second-order valence-electron chi connectivity index (χ2n) is 7.39. The molecule has 1 aliphatic carbocycles. The number of hydrogen-bond donors (Lipinski definition) is 1. The number of benzene rings is 2. The fourth-order valence-electron chi connectivity index (χ4n) is 3.65. The number of nitrogens with zero attached hydrogens (tertiary/aromatic N) is 1. The molecule has 2 aromatic rings. The number of alkyl halides is 3. The Hall–Kier alpha value is -1.60. The lowest BCUT2D eigenvalue weighted by Crippen LogP contribution is -2.19. The van der Waals surface area contributed by atoms with Gasteiger partial charge in [0.2, 0.25) is 0 Å². The zero-order valence-corrected chi connectivity index (χ0v) is 20.1. The van der Waals surface area contributed by atoms with E-state index in [1.54, 1.807) is 6.07 Å². The summed E-state index contributed by atoms with van der Waals surface area (Å²) in [5, 5.41) is 3.42. The molecule has 3 rings (SSSR count). The molecular formula is C23H20Cl3F3N2S. The zero-order chi connectivity index (χ0) is 23.5. The van der Waals surface area contributed by atoms with Crippen LogP contribution in [0.1, 0.15) is 47.4 Å². The van der Waals surface area contributed by atoms with Gasteiger partial charge >= 0.3 is 6.18 Å². The van der Waals surface area contributed by atoms with Gasteiger partial charge in [0.15, 0.2) is 5.11 Å². The van der Waals surface area contributed by atoms with E-state index >= 15 is 0 Å². The van der Waals surface area contributed by atoms with Crippen molar-refractivity contribution in [1.29, 1.82) is 0 Å². The predicted molar refractivity (Wildman–Crippen MR) is 132 cm³/mol. The van der Waals surface area contributed by atoms with Crippen LogP contribution in [0.15, 0.2) is 41.4 Å². The first kappa shape index (κ1) is 25.0. The molecule has 0 spiro atoms. The highest BCUT2D eigenvalue weighted by atomic mass is 35.5. The summed E-state index contributed by atoms with van der Waals surface area (Å²) in [6.45, 7) is 2.65. The van der Waals surface area contributed by atoms with Gasteiger partial charge in [0, 0.05) is 18.7 Å². The zero-order valence-electron chi connectivity index (χ0n) is 17.0. The molecule has 0 saturated carbocycles. The second-order valence-corrected chi connectivity index (χ2v) is 8.97. The number of rotatable bonds is 5. The van der Waals surface area contributed by atoms with Crippen LogP contribution in [0.3, 0.4) is 0 Å². The van der Waals surface area contributed by atoms with E-state index in [1.165, 1.54) is 18.2 Å². The highest BCUT2D eigenvalue weighted by Gasteiger charge is 2.39. The van der Waals surface area contributed by atoms with E-state index in [4.69, 9.17) is 47.0 Å². The Morgan fingerprint density at radius 1 is 1.22 bits per heavy atom. The molecule has 0 saturated heterocycles. The Labute approximate surface area is 205 Å². The SMILES string of the molecule is CCNC(=S)/N=C/C1CCc2cc(/C=C/C(c3cc(Cl)c(Cl)c(Cl)c3)C(F)(F)F)ccc21. The highest BCUT2D eigenvalue weighted by Crippen LogP contribution is 2.41. The fourth-order valence-corrected chi connectivity index (χ4v) is 4.47. The Morgan fingerprint density at radius 3 is 2.53 bits per heavy atom. The van der Waals surface area contributed by atoms with Crippen LogP contribution in [0.2, 0.25) is 15.1 Å². The topological polar surface area (TPSA) is 24.4 Å². The molecule has 0 heterocycles. The summed E-state index contributed by atoms with van der Waals surface area (Å²) in [7, 11) is 0. The molecule has 0 radical (unpaired) electrons.